The molecule has 1 atom stereocenters. The number of benzene rings is 2. The van der Waals surface area contributed by atoms with E-state index >= 15 is 0 Å². The normalized spacial score (nSPS) is 11.9. The van der Waals surface area contributed by atoms with Gasteiger partial charge in [-0.3, -0.25) is 4.79 Å². The monoisotopic (exact) mass is 269 g/mol. The fourth-order valence-electron chi connectivity index (χ4n) is 2.20. The molecule has 2 aromatic carbocycles. The van der Waals surface area contributed by atoms with Crippen LogP contribution in [0, 0.1) is 0 Å². The average Bonchev–Trinajstić information content (AvgIpc) is 2.45. The molecule has 0 fully saturated rings. The first kappa shape index (κ1) is 14.1. The Balaban J connectivity index is 2.22. The van der Waals surface area contributed by atoms with Crippen molar-refractivity contribution in [1.82, 2.24) is 0 Å². The second kappa shape index (κ2) is 6.24. The summed E-state index contributed by atoms with van der Waals surface area (Å²) in [6.07, 6.45) is 0.511. The minimum atomic E-state index is -0.786. The van der Waals surface area contributed by atoms with Crippen LogP contribution in [0.5, 0.6) is 0 Å². The van der Waals surface area contributed by atoms with E-state index in [1.807, 2.05) is 73.6 Å². The maximum Gasteiger partial charge on any atom is 0.311 e. The summed E-state index contributed by atoms with van der Waals surface area (Å²) < 4.78 is 0. The summed E-state index contributed by atoms with van der Waals surface area (Å²) in [7, 11) is 3.93. The van der Waals surface area contributed by atoms with E-state index < -0.39 is 11.9 Å². The summed E-state index contributed by atoms with van der Waals surface area (Å²) in [5.74, 6) is -1.29. The van der Waals surface area contributed by atoms with Gasteiger partial charge < -0.3 is 10.0 Å². The molecule has 0 spiro atoms. The largest absolute Gasteiger partial charge is 0.481 e. The zero-order valence-corrected chi connectivity index (χ0v) is 11.8. The number of aliphatic carboxylic acids is 1. The van der Waals surface area contributed by atoms with Gasteiger partial charge in [0.2, 0.25) is 0 Å². The van der Waals surface area contributed by atoms with Crippen LogP contribution < -0.4 is 4.90 Å². The average molecular weight is 269 g/mol. The molecule has 0 aliphatic rings. The minimum absolute atomic E-state index is 0.506. The maximum absolute atomic E-state index is 11.5. The molecule has 0 amide bonds. The number of anilines is 1. The highest BCUT2D eigenvalue weighted by atomic mass is 16.4. The van der Waals surface area contributed by atoms with E-state index in [4.69, 9.17) is 0 Å². The van der Waals surface area contributed by atoms with Crippen molar-refractivity contribution in [3.8, 4) is 0 Å². The molecule has 0 aliphatic carbocycles. The van der Waals surface area contributed by atoms with Crippen LogP contribution in [-0.2, 0) is 11.2 Å². The predicted molar refractivity (Wildman–Crippen MR) is 81.3 cm³/mol. The van der Waals surface area contributed by atoms with Crippen molar-refractivity contribution in [2.24, 2.45) is 0 Å². The van der Waals surface area contributed by atoms with Crippen molar-refractivity contribution >= 4 is 11.7 Å². The van der Waals surface area contributed by atoms with Crippen molar-refractivity contribution in [2.45, 2.75) is 12.3 Å². The number of carboxylic acid groups (broad SMARTS) is 1. The molecule has 0 aromatic heterocycles. The Hall–Kier alpha value is -2.29. The SMILES string of the molecule is CN(C)c1ccc(C(Cc2ccccc2)C(=O)O)cc1. The van der Waals surface area contributed by atoms with Crippen LogP contribution in [0.3, 0.4) is 0 Å². The summed E-state index contributed by atoms with van der Waals surface area (Å²) >= 11 is 0. The van der Waals surface area contributed by atoms with Crippen LogP contribution in [0.1, 0.15) is 17.0 Å². The highest BCUT2D eigenvalue weighted by Crippen LogP contribution is 2.23. The second-order valence-electron chi connectivity index (χ2n) is 5.07. The zero-order valence-electron chi connectivity index (χ0n) is 11.8. The van der Waals surface area contributed by atoms with Crippen LogP contribution in [0.2, 0.25) is 0 Å². The molecule has 0 bridgehead atoms. The molecule has 0 saturated carbocycles. The van der Waals surface area contributed by atoms with Gasteiger partial charge in [-0.1, -0.05) is 42.5 Å². The van der Waals surface area contributed by atoms with E-state index in [2.05, 4.69) is 0 Å². The predicted octanol–water partition coefficient (Wildman–Crippen LogP) is 3.16. The van der Waals surface area contributed by atoms with E-state index in [-0.39, 0.29) is 0 Å². The Bertz CT molecular complexity index is 561. The van der Waals surface area contributed by atoms with Crippen molar-refractivity contribution in [1.29, 1.82) is 0 Å². The molecule has 2 rings (SSSR count). The van der Waals surface area contributed by atoms with Crippen LogP contribution in [-0.4, -0.2) is 25.2 Å². The third kappa shape index (κ3) is 3.38. The molecule has 104 valence electrons. The molecule has 0 saturated heterocycles. The van der Waals surface area contributed by atoms with Gasteiger partial charge in [0.25, 0.3) is 0 Å². The highest BCUT2D eigenvalue weighted by Gasteiger charge is 2.20. The molecular formula is C17H19NO2. The topological polar surface area (TPSA) is 40.5 Å². The number of hydrogen-bond donors (Lipinski definition) is 1. The number of carboxylic acids is 1. The van der Waals surface area contributed by atoms with Crippen molar-refractivity contribution < 1.29 is 9.90 Å². The molecule has 1 N–H and O–H groups in total. The first-order valence-electron chi connectivity index (χ1n) is 6.62. The van der Waals surface area contributed by atoms with Gasteiger partial charge in [0.05, 0.1) is 5.92 Å². The highest BCUT2D eigenvalue weighted by molar-refractivity contribution is 5.76. The summed E-state index contributed by atoms with van der Waals surface area (Å²) in [5.41, 5.74) is 2.95. The number of rotatable bonds is 5. The zero-order chi connectivity index (χ0) is 14.5. The summed E-state index contributed by atoms with van der Waals surface area (Å²) in [6.45, 7) is 0. The fraction of sp³-hybridized carbons (Fsp3) is 0.235. The number of nitrogens with zero attached hydrogens (tertiary/aromatic N) is 1. The summed E-state index contributed by atoms with van der Waals surface area (Å²) in [4.78, 5) is 13.5. The van der Waals surface area contributed by atoms with Gasteiger partial charge in [0.15, 0.2) is 0 Å². The Labute approximate surface area is 119 Å². The third-order valence-electron chi connectivity index (χ3n) is 3.39. The smallest absolute Gasteiger partial charge is 0.311 e. The lowest BCUT2D eigenvalue weighted by Crippen LogP contribution is -2.15. The molecule has 0 radical (unpaired) electrons. The Morgan fingerprint density at radius 3 is 2.15 bits per heavy atom. The van der Waals surface area contributed by atoms with Gasteiger partial charge >= 0.3 is 5.97 Å². The molecule has 3 nitrogen and oxygen atoms in total. The van der Waals surface area contributed by atoms with Crippen LogP contribution in [0.4, 0.5) is 5.69 Å². The quantitative estimate of drug-likeness (QED) is 0.906. The molecular weight excluding hydrogens is 250 g/mol. The first-order valence-corrected chi connectivity index (χ1v) is 6.62. The van der Waals surface area contributed by atoms with Crippen LogP contribution in [0.25, 0.3) is 0 Å². The summed E-state index contributed by atoms with van der Waals surface area (Å²) in [5, 5.41) is 9.46. The third-order valence-corrected chi connectivity index (χ3v) is 3.39. The molecule has 2 aromatic rings. The Morgan fingerprint density at radius 2 is 1.65 bits per heavy atom. The van der Waals surface area contributed by atoms with Gasteiger partial charge in [-0.25, -0.2) is 0 Å². The van der Waals surface area contributed by atoms with Crippen molar-refractivity contribution in [3.63, 3.8) is 0 Å². The lowest BCUT2D eigenvalue weighted by molar-refractivity contribution is -0.138. The van der Waals surface area contributed by atoms with Gasteiger partial charge in [-0.15, -0.1) is 0 Å². The lowest BCUT2D eigenvalue weighted by Gasteiger charge is -2.16. The van der Waals surface area contributed by atoms with Crippen LogP contribution in [0.15, 0.2) is 54.6 Å². The molecule has 1 unspecified atom stereocenters. The Kier molecular flexibility index (Phi) is 4.41. The molecule has 0 aliphatic heterocycles. The van der Waals surface area contributed by atoms with E-state index in [0.717, 1.165) is 16.8 Å². The van der Waals surface area contributed by atoms with E-state index in [1.165, 1.54) is 0 Å². The molecule has 0 heterocycles. The molecule has 3 heteroatoms. The standard InChI is InChI=1S/C17H19NO2/c1-18(2)15-10-8-14(9-11-15)16(17(19)20)12-13-6-4-3-5-7-13/h3-11,16H,12H2,1-2H3,(H,19,20). The summed E-state index contributed by atoms with van der Waals surface area (Å²) in [6, 6.07) is 17.4. The van der Waals surface area contributed by atoms with E-state index in [1.54, 1.807) is 0 Å². The first-order chi connectivity index (χ1) is 9.58. The van der Waals surface area contributed by atoms with E-state index in [9.17, 15) is 9.90 Å². The fourth-order valence-corrected chi connectivity index (χ4v) is 2.20. The van der Waals surface area contributed by atoms with Gasteiger partial charge in [0, 0.05) is 19.8 Å². The van der Waals surface area contributed by atoms with Crippen LogP contribution >= 0.6 is 0 Å². The van der Waals surface area contributed by atoms with E-state index in [0.29, 0.717) is 6.42 Å². The second-order valence-corrected chi connectivity index (χ2v) is 5.07. The van der Waals surface area contributed by atoms with Crippen molar-refractivity contribution in [3.05, 3.63) is 65.7 Å². The molecule has 20 heavy (non-hydrogen) atoms. The lowest BCUT2D eigenvalue weighted by atomic mass is 9.92. The maximum atomic E-state index is 11.5. The minimum Gasteiger partial charge on any atom is -0.481 e. The number of hydrogen-bond acceptors (Lipinski definition) is 2. The van der Waals surface area contributed by atoms with Gasteiger partial charge in [-0.05, 0) is 29.7 Å². The van der Waals surface area contributed by atoms with Gasteiger partial charge in [-0.2, -0.15) is 0 Å². The Morgan fingerprint density at radius 1 is 1.05 bits per heavy atom. The van der Waals surface area contributed by atoms with Crippen molar-refractivity contribution in [2.75, 3.05) is 19.0 Å². The van der Waals surface area contributed by atoms with Gasteiger partial charge in [0.1, 0.15) is 0 Å². The number of carbonyl (C=O) groups is 1.